The third-order valence-electron chi connectivity index (χ3n) is 6.24. The monoisotopic (exact) mass is 490 g/mol. The highest BCUT2D eigenvalue weighted by Crippen LogP contribution is 2.36. The zero-order valence-electron chi connectivity index (χ0n) is 20.2. The van der Waals surface area contributed by atoms with Crippen molar-refractivity contribution in [3.05, 3.63) is 70.9 Å². The van der Waals surface area contributed by atoms with E-state index < -0.39 is 0 Å². The van der Waals surface area contributed by atoms with Gasteiger partial charge in [0.2, 0.25) is 5.95 Å². The van der Waals surface area contributed by atoms with Crippen molar-refractivity contribution in [2.75, 3.05) is 31.8 Å². The number of ether oxygens (including phenoxy) is 2. The van der Waals surface area contributed by atoms with Crippen molar-refractivity contribution in [3.8, 4) is 11.5 Å². The van der Waals surface area contributed by atoms with Gasteiger partial charge in [-0.25, -0.2) is 9.37 Å². The molecule has 186 valence electrons. The van der Waals surface area contributed by atoms with Gasteiger partial charge in [-0.1, -0.05) is 0 Å². The highest BCUT2D eigenvalue weighted by Gasteiger charge is 2.32. The van der Waals surface area contributed by atoms with E-state index in [9.17, 15) is 9.18 Å². The molecule has 5 rings (SSSR count). The fourth-order valence-electron chi connectivity index (χ4n) is 4.10. The number of benzene rings is 2. The summed E-state index contributed by atoms with van der Waals surface area (Å²) in [6.07, 6.45) is 3.71. The predicted molar refractivity (Wildman–Crippen MR) is 137 cm³/mol. The lowest BCUT2D eigenvalue weighted by Crippen LogP contribution is -2.46. The summed E-state index contributed by atoms with van der Waals surface area (Å²) in [5, 5.41) is 6.70. The van der Waals surface area contributed by atoms with Crippen molar-refractivity contribution in [1.29, 1.82) is 0 Å². The first kappa shape index (κ1) is 23.6. The van der Waals surface area contributed by atoms with Gasteiger partial charge in [0.15, 0.2) is 11.5 Å². The number of nitrogens with zero attached hydrogens (tertiary/aromatic N) is 3. The van der Waals surface area contributed by atoms with E-state index >= 15 is 0 Å². The number of methoxy groups -OCH3 is 1. The van der Waals surface area contributed by atoms with E-state index in [0.717, 1.165) is 18.5 Å². The number of pyridine rings is 1. The van der Waals surface area contributed by atoms with E-state index in [2.05, 4.69) is 44.6 Å². The van der Waals surface area contributed by atoms with E-state index in [4.69, 9.17) is 9.47 Å². The Hall–Kier alpha value is -4.18. The van der Waals surface area contributed by atoms with Gasteiger partial charge in [0.25, 0.3) is 5.56 Å². The summed E-state index contributed by atoms with van der Waals surface area (Å²) in [5.41, 5.74) is 1.17. The number of hydrogen-bond acceptors (Lipinski definition) is 8. The summed E-state index contributed by atoms with van der Waals surface area (Å²) >= 11 is 0. The lowest BCUT2D eigenvalue weighted by atomic mass is 9.88. The standard InChI is InChI=1S/C26H27FN6O3/c1-33(2)18-13-19(14-18)36-22-7-5-17(12-23(22)35-3)29-26-28-9-8-24(32-26)30-21-11-15-10-16(27)4-6-20(15)31-25(21)34/h4-12,18-19H,13-14H2,1-3H3,(H,31,34)(H2,28,29,30,32). The summed E-state index contributed by atoms with van der Waals surface area (Å²) < 4.78 is 25.3. The number of aromatic nitrogens is 3. The van der Waals surface area contributed by atoms with Gasteiger partial charge in [0, 0.05) is 34.9 Å². The topological polar surface area (TPSA) is 104 Å². The third-order valence-corrected chi connectivity index (χ3v) is 6.24. The smallest absolute Gasteiger partial charge is 0.272 e. The van der Waals surface area contributed by atoms with Crippen LogP contribution in [0.5, 0.6) is 11.5 Å². The first-order valence-electron chi connectivity index (χ1n) is 11.6. The second-order valence-electron chi connectivity index (χ2n) is 8.95. The van der Waals surface area contributed by atoms with Gasteiger partial charge in [-0.3, -0.25) is 4.79 Å². The molecule has 1 aliphatic carbocycles. The fraction of sp³-hybridized carbons (Fsp3) is 0.269. The zero-order chi connectivity index (χ0) is 25.2. The van der Waals surface area contributed by atoms with Crippen LogP contribution in [0.15, 0.2) is 59.5 Å². The molecule has 2 aromatic carbocycles. The summed E-state index contributed by atoms with van der Waals surface area (Å²) in [7, 11) is 5.76. The Kier molecular flexibility index (Phi) is 6.43. The maximum Gasteiger partial charge on any atom is 0.272 e. The van der Waals surface area contributed by atoms with Gasteiger partial charge in [-0.05, 0) is 69.4 Å². The summed E-state index contributed by atoms with van der Waals surface area (Å²) in [6.45, 7) is 0. The van der Waals surface area contributed by atoms with Crippen LogP contribution >= 0.6 is 0 Å². The molecule has 3 N–H and O–H groups in total. The fourth-order valence-corrected chi connectivity index (χ4v) is 4.10. The van der Waals surface area contributed by atoms with Gasteiger partial charge in [-0.2, -0.15) is 4.98 Å². The van der Waals surface area contributed by atoms with Crippen LogP contribution in [-0.2, 0) is 0 Å². The normalized spacial score (nSPS) is 17.0. The second-order valence-corrected chi connectivity index (χ2v) is 8.95. The second kappa shape index (κ2) is 9.82. The molecule has 1 aliphatic rings. The quantitative estimate of drug-likeness (QED) is 0.333. The van der Waals surface area contributed by atoms with Crippen LogP contribution < -0.4 is 25.7 Å². The van der Waals surface area contributed by atoms with Gasteiger partial charge in [0.1, 0.15) is 23.4 Å². The Morgan fingerprint density at radius 1 is 1.06 bits per heavy atom. The lowest BCUT2D eigenvalue weighted by molar-refractivity contribution is 0.0383. The lowest BCUT2D eigenvalue weighted by Gasteiger charge is -2.39. The first-order chi connectivity index (χ1) is 17.4. The highest BCUT2D eigenvalue weighted by molar-refractivity contribution is 5.82. The average molecular weight is 491 g/mol. The Morgan fingerprint density at radius 3 is 2.67 bits per heavy atom. The van der Waals surface area contributed by atoms with Gasteiger partial charge in [0.05, 0.1) is 7.11 Å². The van der Waals surface area contributed by atoms with E-state index in [0.29, 0.717) is 40.2 Å². The molecule has 9 nitrogen and oxygen atoms in total. The van der Waals surface area contributed by atoms with Crippen LogP contribution in [0, 0.1) is 5.82 Å². The average Bonchev–Trinajstić information content (AvgIpc) is 2.82. The number of anilines is 4. The minimum Gasteiger partial charge on any atom is -0.493 e. The summed E-state index contributed by atoms with van der Waals surface area (Å²) in [6, 6.07) is 13.5. The molecule has 0 atom stereocenters. The number of H-pyrrole nitrogens is 1. The highest BCUT2D eigenvalue weighted by atomic mass is 19.1. The Labute approximate surface area is 207 Å². The van der Waals surface area contributed by atoms with Crippen LogP contribution in [0.25, 0.3) is 10.9 Å². The van der Waals surface area contributed by atoms with Crippen molar-refractivity contribution < 1.29 is 13.9 Å². The molecule has 0 amide bonds. The molecule has 0 spiro atoms. The largest absolute Gasteiger partial charge is 0.493 e. The third kappa shape index (κ3) is 5.08. The van der Waals surface area contributed by atoms with Gasteiger partial charge in [-0.15, -0.1) is 0 Å². The SMILES string of the molecule is COc1cc(Nc2nccc(Nc3cc4cc(F)ccc4[nH]c3=O)n2)ccc1OC1CC(N(C)C)C1. The molecule has 10 heteroatoms. The molecule has 0 aliphatic heterocycles. The molecule has 0 saturated heterocycles. The van der Waals surface area contributed by atoms with Crippen LogP contribution in [0.2, 0.25) is 0 Å². The molecule has 1 saturated carbocycles. The molecule has 4 aromatic rings. The van der Waals surface area contributed by atoms with E-state index in [1.807, 2.05) is 18.2 Å². The van der Waals surface area contributed by atoms with Crippen molar-refractivity contribution in [2.24, 2.45) is 0 Å². The van der Waals surface area contributed by atoms with Crippen LogP contribution in [0.1, 0.15) is 12.8 Å². The van der Waals surface area contributed by atoms with Crippen molar-refractivity contribution in [1.82, 2.24) is 19.9 Å². The molecule has 36 heavy (non-hydrogen) atoms. The van der Waals surface area contributed by atoms with Gasteiger partial charge >= 0.3 is 0 Å². The molecule has 1 fully saturated rings. The van der Waals surface area contributed by atoms with Crippen molar-refractivity contribution >= 4 is 34.0 Å². The molecule has 0 radical (unpaired) electrons. The van der Waals surface area contributed by atoms with Crippen LogP contribution in [0.4, 0.5) is 27.5 Å². The molecular weight excluding hydrogens is 463 g/mol. The summed E-state index contributed by atoms with van der Waals surface area (Å²) in [4.78, 5) is 26.1. The number of halogens is 1. The van der Waals surface area contributed by atoms with Crippen molar-refractivity contribution in [3.63, 3.8) is 0 Å². The van der Waals surface area contributed by atoms with E-state index in [1.54, 1.807) is 25.4 Å². The number of nitrogens with one attached hydrogen (secondary N) is 3. The van der Waals surface area contributed by atoms with Crippen LogP contribution in [-0.4, -0.2) is 53.2 Å². The number of aromatic amines is 1. The molecule has 0 unspecified atom stereocenters. The maximum atomic E-state index is 13.6. The molecule has 2 heterocycles. The number of rotatable bonds is 8. The minimum atomic E-state index is -0.383. The summed E-state index contributed by atoms with van der Waals surface area (Å²) in [5.74, 6) is 1.64. The maximum absolute atomic E-state index is 13.6. The molecule has 2 aromatic heterocycles. The van der Waals surface area contributed by atoms with E-state index in [1.165, 1.54) is 18.2 Å². The molecule has 0 bridgehead atoms. The zero-order valence-corrected chi connectivity index (χ0v) is 20.2. The van der Waals surface area contributed by atoms with Crippen molar-refractivity contribution in [2.45, 2.75) is 25.0 Å². The molecular formula is C26H27FN6O3. The van der Waals surface area contributed by atoms with Gasteiger partial charge < -0.3 is 30.0 Å². The Bertz CT molecular complexity index is 1450. The van der Waals surface area contributed by atoms with E-state index in [-0.39, 0.29) is 23.2 Å². The Balaban J connectivity index is 1.29. The predicted octanol–water partition coefficient (Wildman–Crippen LogP) is 4.42. The minimum absolute atomic E-state index is 0.172. The van der Waals surface area contributed by atoms with Crippen LogP contribution in [0.3, 0.4) is 0 Å². The number of fused-ring (bicyclic) bond motifs is 1. The Morgan fingerprint density at radius 2 is 1.89 bits per heavy atom. The number of hydrogen-bond donors (Lipinski definition) is 3. The first-order valence-corrected chi connectivity index (χ1v) is 11.6.